The van der Waals surface area contributed by atoms with Crippen LogP contribution >= 0.6 is 11.3 Å². The van der Waals surface area contributed by atoms with E-state index in [2.05, 4.69) is 15.2 Å². The first-order chi connectivity index (χ1) is 7.16. The van der Waals surface area contributed by atoms with E-state index in [9.17, 15) is 0 Å². The molecule has 0 saturated heterocycles. The van der Waals surface area contributed by atoms with Gasteiger partial charge >= 0.3 is 0 Å². The van der Waals surface area contributed by atoms with Crippen LogP contribution < -0.4 is 10.6 Å². The van der Waals surface area contributed by atoms with Gasteiger partial charge in [0.05, 0.1) is 5.69 Å². The predicted octanol–water partition coefficient (Wildman–Crippen LogP) is 1.25. The minimum atomic E-state index is 0.633. The van der Waals surface area contributed by atoms with Gasteiger partial charge in [-0.2, -0.15) is 0 Å². The second-order valence-electron chi connectivity index (χ2n) is 3.29. The quantitative estimate of drug-likeness (QED) is 0.826. The molecule has 6 heteroatoms. The molecule has 0 aliphatic rings. The molecule has 0 saturated carbocycles. The number of hydrogen-bond acceptors (Lipinski definition) is 6. The Morgan fingerprint density at radius 3 is 2.67 bits per heavy atom. The summed E-state index contributed by atoms with van der Waals surface area (Å²) in [5, 5.41) is 9.83. The van der Waals surface area contributed by atoms with Crippen molar-refractivity contribution in [2.45, 2.75) is 0 Å². The molecule has 2 heterocycles. The van der Waals surface area contributed by atoms with Crippen molar-refractivity contribution in [1.82, 2.24) is 15.2 Å². The third-order valence-corrected chi connectivity index (χ3v) is 2.94. The number of nitrogen functional groups attached to an aromatic ring is 1. The number of nitrogens with two attached hydrogens (primary N) is 1. The minimum absolute atomic E-state index is 0.633. The van der Waals surface area contributed by atoms with Gasteiger partial charge in [0.1, 0.15) is 0 Å². The number of anilines is 2. The Labute approximate surface area is 91.6 Å². The lowest BCUT2D eigenvalue weighted by atomic mass is 10.3. The standard InChI is InChI=1S/C9H11N5S/c1-14(2)9-13-12-8(15-9)6-3-7(10)5-11-4-6/h3-5H,10H2,1-2H3. The summed E-state index contributed by atoms with van der Waals surface area (Å²) >= 11 is 1.51. The fourth-order valence-electron chi connectivity index (χ4n) is 1.09. The number of nitrogens with zero attached hydrogens (tertiary/aromatic N) is 4. The molecule has 0 unspecified atom stereocenters. The topological polar surface area (TPSA) is 67.9 Å². The van der Waals surface area contributed by atoms with E-state index in [4.69, 9.17) is 5.73 Å². The molecule has 0 atom stereocenters. The Kier molecular flexibility index (Phi) is 2.51. The summed E-state index contributed by atoms with van der Waals surface area (Å²) in [4.78, 5) is 5.93. The Balaban J connectivity index is 2.37. The van der Waals surface area contributed by atoms with Crippen LogP contribution in [0, 0.1) is 0 Å². The van der Waals surface area contributed by atoms with Gasteiger partial charge in [0.25, 0.3) is 0 Å². The fourth-order valence-corrected chi connectivity index (χ4v) is 1.84. The van der Waals surface area contributed by atoms with Gasteiger partial charge in [-0.15, -0.1) is 10.2 Å². The second-order valence-corrected chi connectivity index (χ2v) is 4.25. The molecule has 78 valence electrons. The van der Waals surface area contributed by atoms with E-state index in [0.717, 1.165) is 15.7 Å². The van der Waals surface area contributed by atoms with Crippen LogP contribution in [0.3, 0.4) is 0 Å². The fraction of sp³-hybridized carbons (Fsp3) is 0.222. The van der Waals surface area contributed by atoms with E-state index < -0.39 is 0 Å². The molecule has 2 rings (SSSR count). The van der Waals surface area contributed by atoms with Crippen molar-refractivity contribution in [3.63, 3.8) is 0 Å². The lowest BCUT2D eigenvalue weighted by molar-refractivity contribution is 1.02. The number of rotatable bonds is 2. The summed E-state index contributed by atoms with van der Waals surface area (Å²) in [6.07, 6.45) is 3.34. The third-order valence-electron chi connectivity index (χ3n) is 1.80. The maximum Gasteiger partial charge on any atom is 0.208 e. The van der Waals surface area contributed by atoms with E-state index in [1.165, 1.54) is 11.3 Å². The number of aromatic nitrogens is 3. The Morgan fingerprint density at radius 1 is 1.27 bits per heavy atom. The van der Waals surface area contributed by atoms with E-state index in [1.54, 1.807) is 12.4 Å². The van der Waals surface area contributed by atoms with Gasteiger partial charge < -0.3 is 10.6 Å². The molecule has 0 aliphatic carbocycles. The summed E-state index contributed by atoms with van der Waals surface area (Å²) in [6.45, 7) is 0. The predicted molar refractivity (Wildman–Crippen MR) is 61.9 cm³/mol. The van der Waals surface area contributed by atoms with Crippen molar-refractivity contribution in [3.8, 4) is 10.6 Å². The molecule has 0 radical (unpaired) electrons. The molecule has 2 aromatic rings. The molecule has 2 aromatic heterocycles. The molecular weight excluding hydrogens is 210 g/mol. The monoisotopic (exact) mass is 221 g/mol. The van der Waals surface area contributed by atoms with E-state index >= 15 is 0 Å². The molecule has 15 heavy (non-hydrogen) atoms. The number of hydrogen-bond donors (Lipinski definition) is 1. The first kappa shape index (κ1) is 9.85. The third kappa shape index (κ3) is 2.04. The lowest BCUT2D eigenvalue weighted by Crippen LogP contribution is -2.07. The highest BCUT2D eigenvalue weighted by Crippen LogP contribution is 2.27. The van der Waals surface area contributed by atoms with E-state index in [-0.39, 0.29) is 0 Å². The Bertz CT molecular complexity index is 465. The zero-order valence-corrected chi connectivity index (χ0v) is 9.32. The van der Waals surface area contributed by atoms with Crippen LogP contribution in [-0.2, 0) is 0 Å². The number of pyridine rings is 1. The van der Waals surface area contributed by atoms with Gasteiger partial charge in [0.2, 0.25) is 5.13 Å². The van der Waals surface area contributed by atoms with E-state index in [1.807, 2.05) is 25.1 Å². The molecule has 0 bridgehead atoms. The SMILES string of the molecule is CN(C)c1nnc(-c2cncc(N)c2)s1. The molecule has 0 aliphatic heterocycles. The average Bonchev–Trinajstić information content (AvgIpc) is 2.66. The van der Waals surface area contributed by atoms with Crippen molar-refractivity contribution in [2.75, 3.05) is 24.7 Å². The van der Waals surface area contributed by atoms with Crippen LogP contribution in [0.15, 0.2) is 18.5 Å². The summed E-state index contributed by atoms with van der Waals surface area (Å²) in [5.74, 6) is 0. The molecule has 0 amide bonds. The van der Waals surface area contributed by atoms with Gasteiger partial charge in [-0.05, 0) is 6.07 Å². The van der Waals surface area contributed by atoms with Gasteiger partial charge in [0.15, 0.2) is 5.01 Å². The molecule has 0 spiro atoms. The molecular formula is C9H11N5S. The maximum absolute atomic E-state index is 5.65. The van der Waals surface area contributed by atoms with Gasteiger partial charge in [-0.3, -0.25) is 4.98 Å². The van der Waals surface area contributed by atoms with Crippen molar-refractivity contribution in [2.24, 2.45) is 0 Å². The van der Waals surface area contributed by atoms with Gasteiger partial charge in [0, 0.05) is 32.1 Å². The van der Waals surface area contributed by atoms with Crippen molar-refractivity contribution in [1.29, 1.82) is 0 Å². The minimum Gasteiger partial charge on any atom is -0.397 e. The van der Waals surface area contributed by atoms with Crippen LogP contribution in [0.4, 0.5) is 10.8 Å². The maximum atomic E-state index is 5.65. The van der Waals surface area contributed by atoms with Gasteiger partial charge in [-0.25, -0.2) is 0 Å². The first-order valence-electron chi connectivity index (χ1n) is 4.38. The Hall–Kier alpha value is -1.69. The molecule has 0 fully saturated rings. The van der Waals surface area contributed by atoms with Crippen LogP contribution in [0.5, 0.6) is 0 Å². The summed E-state index contributed by atoms with van der Waals surface area (Å²) in [5.41, 5.74) is 7.18. The average molecular weight is 221 g/mol. The summed E-state index contributed by atoms with van der Waals surface area (Å²) < 4.78 is 0. The smallest absolute Gasteiger partial charge is 0.208 e. The van der Waals surface area contributed by atoms with Crippen LogP contribution in [0.2, 0.25) is 0 Å². The van der Waals surface area contributed by atoms with Crippen LogP contribution in [0.25, 0.3) is 10.6 Å². The largest absolute Gasteiger partial charge is 0.397 e. The second kappa shape index (κ2) is 3.82. The lowest BCUT2D eigenvalue weighted by Gasteiger charge is -2.03. The van der Waals surface area contributed by atoms with Crippen molar-refractivity contribution in [3.05, 3.63) is 18.5 Å². The first-order valence-corrected chi connectivity index (χ1v) is 5.20. The zero-order valence-electron chi connectivity index (χ0n) is 8.51. The molecule has 2 N–H and O–H groups in total. The molecule has 0 aromatic carbocycles. The normalized spacial score (nSPS) is 10.3. The van der Waals surface area contributed by atoms with Crippen molar-refractivity contribution >= 4 is 22.2 Å². The zero-order chi connectivity index (χ0) is 10.8. The summed E-state index contributed by atoms with van der Waals surface area (Å²) in [7, 11) is 3.86. The highest BCUT2D eigenvalue weighted by Gasteiger charge is 2.08. The van der Waals surface area contributed by atoms with Crippen LogP contribution in [-0.4, -0.2) is 29.3 Å². The van der Waals surface area contributed by atoms with Crippen LogP contribution in [0.1, 0.15) is 0 Å². The van der Waals surface area contributed by atoms with Crippen molar-refractivity contribution < 1.29 is 0 Å². The highest BCUT2D eigenvalue weighted by atomic mass is 32.1. The van der Waals surface area contributed by atoms with E-state index in [0.29, 0.717) is 5.69 Å². The Morgan fingerprint density at radius 2 is 2.07 bits per heavy atom. The highest BCUT2D eigenvalue weighted by molar-refractivity contribution is 7.18. The molecule has 5 nitrogen and oxygen atoms in total. The summed E-state index contributed by atoms with van der Waals surface area (Å²) in [6, 6.07) is 1.84. The van der Waals surface area contributed by atoms with Gasteiger partial charge in [-0.1, -0.05) is 11.3 Å².